The molecule has 1 aliphatic rings. The Morgan fingerprint density at radius 3 is 1.39 bits per heavy atom. The monoisotopic (exact) mass is 994 g/mol. The van der Waals surface area contributed by atoms with Crippen molar-refractivity contribution in [3.05, 3.63) is 24.3 Å². The molecule has 0 aliphatic carbocycles. The highest BCUT2D eigenvalue weighted by Gasteiger charge is 2.47. The van der Waals surface area contributed by atoms with Gasteiger partial charge in [0.15, 0.2) is 12.4 Å². The summed E-state index contributed by atoms with van der Waals surface area (Å²) in [6.07, 6.45) is 43.7. The van der Waals surface area contributed by atoms with Gasteiger partial charge in [0.05, 0.1) is 25.4 Å². The van der Waals surface area contributed by atoms with E-state index >= 15 is 0 Å². The van der Waals surface area contributed by atoms with Crippen molar-refractivity contribution in [1.29, 1.82) is 0 Å². The molecule has 0 aromatic rings. The zero-order valence-corrected chi connectivity index (χ0v) is 45.4. The maximum atomic E-state index is 13.3. The van der Waals surface area contributed by atoms with E-state index in [1.54, 1.807) is 6.08 Å². The second-order valence-corrected chi connectivity index (χ2v) is 20.7. The summed E-state index contributed by atoms with van der Waals surface area (Å²) in [7, 11) is 0. The Kier molecular flexibility index (Phi) is 45.5. The van der Waals surface area contributed by atoms with Gasteiger partial charge in [0, 0.05) is 6.42 Å². The number of aliphatic hydroxyl groups is 5. The van der Waals surface area contributed by atoms with E-state index in [9.17, 15) is 35.1 Å². The maximum absolute atomic E-state index is 13.3. The quantitative estimate of drug-likeness (QED) is 0.0195. The lowest BCUT2D eigenvalue weighted by Gasteiger charge is -2.41. The number of allylic oxidation sites excluding steroid dienone is 3. The van der Waals surface area contributed by atoms with E-state index in [1.165, 1.54) is 173 Å². The first-order valence-electron chi connectivity index (χ1n) is 29.6. The summed E-state index contributed by atoms with van der Waals surface area (Å²) < 4.78 is 17.6. The van der Waals surface area contributed by atoms with Gasteiger partial charge >= 0.3 is 5.97 Å². The first-order chi connectivity index (χ1) is 34.2. The van der Waals surface area contributed by atoms with E-state index in [0.29, 0.717) is 12.8 Å². The van der Waals surface area contributed by atoms with Crippen molar-refractivity contribution in [2.75, 3.05) is 13.2 Å². The number of hydrogen-bond donors (Lipinski definition) is 6. The number of amides is 1. The number of ether oxygens (including phenoxy) is 3. The highest BCUT2D eigenvalue weighted by atomic mass is 16.7. The molecule has 0 radical (unpaired) electrons. The van der Waals surface area contributed by atoms with Crippen LogP contribution < -0.4 is 5.32 Å². The van der Waals surface area contributed by atoms with Gasteiger partial charge in [-0.3, -0.25) is 9.59 Å². The van der Waals surface area contributed by atoms with E-state index in [0.717, 1.165) is 57.8 Å². The predicted octanol–water partition coefficient (Wildman–Crippen LogP) is 13.3. The summed E-state index contributed by atoms with van der Waals surface area (Å²) in [6, 6.07) is -1.03. The number of carbonyl (C=O) groups excluding carboxylic acids is 2. The lowest BCUT2D eigenvalue weighted by atomic mass is 9.99. The van der Waals surface area contributed by atoms with Crippen LogP contribution in [0.2, 0.25) is 0 Å². The second kappa shape index (κ2) is 48.1. The fourth-order valence-corrected chi connectivity index (χ4v) is 9.35. The van der Waals surface area contributed by atoms with Crippen LogP contribution in [0.3, 0.4) is 0 Å². The smallest absolute Gasteiger partial charge is 0.306 e. The summed E-state index contributed by atoms with van der Waals surface area (Å²) in [5, 5.41) is 56.8. The van der Waals surface area contributed by atoms with Crippen LogP contribution in [0.15, 0.2) is 24.3 Å². The second-order valence-electron chi connectivity index (χ2n) is 20.7. The number of carbonyl (C=O) groups is 2. The Hall–Kier alpha value is -1.86. The molecule has 0 spiro atoms. The Morgan fingerprint density at radius 1 is 0.543 bits per heavy atom. The van der Waals surface area contributed by atoms with E-state index in [4.69, 9.17) is 14.2 Å². The fourth-order valence-electron chi connectivity index (χ4n) is 9.35. The average Bonchev–Trinajstić information content (AvgIpc) is 3.36. The number of aliphatic hydroxyl groups excluding tert-OH is 5. The largest absolute Gasteiger partial charge is 0.454 e. The molecule has 1 heterocycles. The molecule has 0 saturated carbocycles. The minimum atomic E-state index is -1.61. The van der Waals surface area contributed by atoms with Gasteiger partial charge in [0.2, 0.25) is 5.91 Å². The van der Waals surface area contributed by atoms with Crippen LogP contribution in [0.4, 0.5) is 0 Å². The van der Waals surface area contributed by atoms with Crippen LogP contribution in [0.1, 0.15) is 278 Å². The molecule has 1 amide bonds. The molecule has 70 heavy (non-hydrogen) atoms. The summed E-state index contributed by atoms with van der Waals surface area (Å²) in [4.78, 5) is 26.4. The number of unbranched alkanes of at least 4 members (excludes halogenated alkanes) is 34. The van der Waals surface area contributed by atoms with Gasteiger partial charge in [0.1, 0.15) is 24.4 Å². The molecule has 11 heteroatoms. The standard InChI is InChI=1S/C59H111NO10/c1-4-7-10-13-16-19-22-24-25-26-27-29-32-35-38-41-44-47-54(64)70-57-56(66)55(65)53(48-61)69-59(57)68-49-50(51(62)45-42-39-36-33-30-21-18-15-12-9-6-3)60-58(67)52(63)46-43-40-37-34-31-28-23-20-17-14-11-8-5-2/h31,34,42,45,50-53,55-57,59,61-63,65-66H,4-30,32-33,35-41,43-44,46-49H2,1-3H3,(H,60,67)/b34-31-,45-42+. The van der Waals surface area contributed by atoms with Gasteiger partial charge in [-0.25, -0.2) is 0 Å². The first kappa shape index (κ1) is 66.2. The fraction of sp³-hybridized carbons (Fsp3) is 0.898. The highest BCUT2D eigenvalue weighted by molar-refractivity contribution is 5.80. The van der Waals surface area contributed by atoms with E-state index in [-0.39, 0.29) is 19.4 Å². The van der Waals surface area contributed by atoms with E-state index < -0.39 is 67.4 Å². The van der Waals surface area contributed by atoms with Gasteiger partial charge in [-0.2, -0.15) is 0 Å². The van der Waals surface area contributed by atoms with Gasteiger partial charge in [-0.05, 0) is 51.4 Å². The Morgan fingerprint density at radius 2 is 0.943 bits per heavy atom. The topological polar surface area (TPSA) is 175 Å². The van der Waals surface area contributed by atoms with Gasteiger partial charge < -0.3 is 45.1 Å². The maximum Gasteiger partial charge on any atom is 0.306 e. The zero-order valence-electron chi connectivity index (χ0n) is 45.4. The summed E-state index contributed by atoms with van der Waals surface area (Å²) >= 11 is 0. The average molecular weight is 995 g/mol. The molecular weight excluding hydrogens is 883 g/mol. The zero-order chi connectivity index (χ0) is 51.1. The molecule has 412 valence electrons. The van der Waals surface area contributed by atoms with Crippen LogP contribution in [-0.4, -0.2) is 99.6 Å². The summed E-state index contributed by atoms with van der Waals surface area (Å²) in [5.74, 6) is -1.20. The number of rotatable bonds is 50. The van der Waals surface area contributed by atoms with Crippen LogP contribution in [0.5, 0.6) is 0 Å². The third-order valence-electron chi connectivity index (χ3n) is 14.1. The third kappa shape index (κ3) is 36.1. The molecule has 6 N–H and O–H groups in total. The summed E-state index contributed by atoms with van der Waals surface area (Å²) in [6.45, 7) is 5.78. The number of hydrogen-bond acceptors (Lipinski definition) is 10. The van der Waals surface area contributed by atoms with Crippen LogP contribution in [0.25, 0.3) is 0 Å². The van der Waals surface area contributed by atoms with Crippen molar-refractivity contribution in [2.24, 2.45) is 0 Å². The SMILES string of the molecule is CCCCCCCCC/C=C\CCCCC(O)C(=O)NC(COC1OC(CO)C(O)C(O)C1OC(=O)CCCCCCCCCCCCCCCCCCC)C(O)/C=C/CCCCCCCCCCC. The third-order valence-corrected chi connectivity index (χ3v) is 14.1. The summed E-state index contributed by atoms with van der Waals surface area (Å²) in [5.41, 5.74) is 0. The number of nitrogens with one attached hydrogen (secondary N) is 1. The molecule has 0 bridgehead atoms. The molecule has 11 nitrogen and oxygen atoms in total. The molecule has 8 atom stereocenters. The highest BCUT2D eigenvalue weighted by Crippen LogP contribution is 2.26. The van der Waals surface area contributed by atoms with E-state index in [2.05, 4.69) is 38.2 Å². The van der Waals surface area contributed by atoms with Crippen molar-refractivity contribution in [2.45, 2.75) is 327 Å². The Bertz CT molecular complexity index is 1230. The lowest BCUT2D eigenvalue weighted by Crippen LogP contribution is -2.61. The van der Waals surface area contributed by atoms with Crippen LogP contribution in [-0.2, 0) is 23.8 Å². The van der Waals surface area contributed by atoms with E-state index in [1.807, 2.05) is 6.08 Å². The van der Waals surface area contributed by atoms with Crippen molar-refractivity contribution < 1.29 is 49.3 Å². The van der Waals surface area contributed by atoms with Crippen molar-refractivity contribution in [3.63, 3.8) is 0 Å². The minimum absolute atomic E-state index is 0.128. The molecular formula is C59H111NO10. The molecule has 1 aliphatic heterocycles. The molecule has 0 aromatic carbocycles. The molecule has 1 rings (SSSR count). The first-order valence-corrected chi connectivity index (χ1v) is 29.6. The molecule has 8 unspecified atom stereocenters. The molecule has 0 aromatic heterocycles. The Labute approximate surface area is 429 Å². The number of esters is 1. The van der Waals surface area contributed by atoms with Crippen molar-refractivity contribution in [3.8, 4) is 0 Å². The molecule has 1 fully saturated rings. The predicted molar refractivity (Wildman–Crippen MR) is 288 cm³/mol. The van der Waals surface area contributed by atoms with Crippen LogP contribution >= 0.6 is 0 Å². The normalized spacial score (nSPS) is 19.8. The Balaban J connectivity index is 2.69. The van der Waals surface area contributed by atoms with Crippen molar-refractivity contribution in [1.82, 2.24) is 5.32 Å². The molecule has 1 saturated heterocycles. The minimum Gasteiger partial charge on any atom is -0.454 e. The lowest BCUT2D eigenvalue weighted by molar-refractivity contribution is -0.305. The van der Waals surface area contributed by atoms with Gasteiger partial charge in [-0.15, -0.1) is 0 Å². The van der Waals surface area contributed by atoms with Gasteiger partial charge in [-0.1, -0.05) is 244 Å². The van der Waals surface area contributed by atoms with Gasteiger partial charge in [0.25, 0.3) is 0 Å². The van der Waals surface area contributed by atoms with Crippen LogP contribution in [0, 0.1) is 0 Å². The van der Waals surface area contributed by atoms with Crippen molar-refractivity contribution >= 4 is 11.9 Å².